The molecule has 0 fully saturated rings. The number of ether oxygens (including phenoxy) is 1. The van der Waals surface area contributed by atoms with Gasteiger partial charge in [-0.1, -0.05) is 0 Å². The monoisotopic (exact) mass is 207 g/mol. The molecule has 0 unspecified atom stereocenters. The lowest BCUT2D eigenvalue weighted by atomic mass is 10.1. The molecule has 0 spiro atoms. The number of hydrogen-bond donors (Lipinski definition) is 0. The third kappa shape index (κ3) is 2.32. The molecule has 0 heterocycles. The fourth-order valence-corrected chi connectivity index (χ4v) is 1.19. The van der Waals surface area contributed by atoms with Crippen LogP contribution >= 0.6 is 0 Å². The predicted molar refractivity (Wildman–Crippen MR) is 52.3 cm³/mol. The fraction of sp³-hybridized carbons (Fsp3) is 0.273. The molecule has 1 aromatic carbocycles. The molecule has 0 bridgehead atoms. The van der Waals surface area contributed by atoms with Crippen LogP contribution in [-0.4, -0.2) is 12.4 Å². The number of ketones is 1. The first-order valence-electron chi connectivity index (χ1n) is 4.47. The number of nitrogens with zero attached hydrogens (tertiary/aromatic N) is 1. The Morgan fingerprint density at radius 3 is 2.73 bits per heavy atom. The molecule has 0 saturated carbocycles. The van der Waals surface area contributed by atoms with E-state index in [2.05, 4.69) is 0 Å². The second-order valence-electron chi connectivity index (χ2n) is 2.93. The van der Waals surface area contributed by atoms with Crippen molar-refractivity contribution in [2.45, 2.75) is 13.8 Å². The van der Waals surface area contributed by atoms with Gasteiger partial charge in [-0.05, 0) is 19.9 Å². The molecule has 4 heteroatoms. The van der Waals surface area contributed by atoms with Gasteiger partial charge in [0.15, 0.2) is 5.78 Å². The van der Waals surface area contributed by atoms with E-state index in [9.17, 15) is 9.18 Å². The molecule has 0 atom stereocenters. The summed E-state index contributed by atoms with van der Waals surface area (Å²) >= 11 is 0. The van der Waals surface area contributed by atoms with Gasteiger partial charge >= 0.3 is 0 Å². The molecule has 0 aliphatic heterocycles. The third-order valence-corrected chi connectivity index (χ3v) is 1.87. The minimum atomic E-state index is -0.662. The first kappa shape index (κ1) is 11.2. The van der Waals surface area contributed by atoms with Crippen LogP contribution in [0.15, 0.2) is 12.1 Å². The summed E-state index contributed by atoms with van der Waals surface area (Å²) in [5, 5.41) is 8.78. The van der Waals surface area contributed by atoms with Gasteiger partial charge in [-0.3, -0.25) is 4.79 Å². The Balaban J connectivity index is 3.30. The molecule has 1 rings (SSSR count). The Hall–Kier alpha value is -1.89. The smallest absolute Gasteiger partial charge is 0.162 e. The van der Waals surface area contributed by atoms with Gasteiger partial charge in [0.1, 0.15) is 17.6 Å². The highest BCUT2D eigenvalue weighted by molar-refractivity contribution is 5.95. The molecule has 0 radical (unpaired) electrons. The predicted octanol–water partition coefficient (Wildman–Crippen LogP) is 2.30. The van der Waals surface area contributed by atoms with Crippen LogP contribution in [0.5, 0.6) is 5.75 Å². The number of Topliss-reactive ketones (excluding diaryl/α,β-unsaturated/α-hetero) is 1. The van der Waals surface area contributed by atoms with Crippen LogP contribution in [0.25, 0.3) is 0 Å². The average Bonchev–Trinajstić information content (AvgIpc) is 2.18. The Kier molecular flexibility index (Phi) is 3.40. The number of carbonyl (C=O) groups is 1. The van der Waals surface area contributed by atoms with Crippen LogP contribution < -0.4 is 4.74 Å². The van der Waals surface area contributed by atoms with E-state index in [0.29, 0.717) is 6.61 Å². The van der Waals surface area contributed by atoms with Crippen molar-refractivity contribution in [2.75, 3.05) is 6.61 Å². The number of benzene rings is 1. The van der Waals surface area contributed by atoms with Crippen molar-refractivity contribution in [3.05, 3.63) is 29.1 Å². The highest BCUT2D eigenvalue weighted by atomic mass is 19.1. The summed E-state index contributed by atoms with van der Waals surface area (Å²) in [6.45, 7) is 3.32. The van der Waals surface area contributed by atoms with E-state index >= 15 is 0 Å². The molecule has 3 nitrogen and oxygen atoms in total. The van der Waals surface area contributed by atoms with Crippen LogP contribution in [0.3, 0.4) is 0 Å². The first-order chi connectivity index (χ1) is 7.10. The first-order valence-corrected chi connectivity index (χ1v) is 4.47. The second-order valence-corrected chi connectivity index (χ2v) is 2.93. The summed E-state index contributed by atoms with van der Waals surface area (Å²) in [5.41, 5.74) is 0.0819. The molecule has 0 saturated heterocycles. The largest absolute Gasteiger partial charge is 0.492 e. The van der Waals surface area contributed by atoms with Gasteiger partial charge in [-0.2, -0.15) is 5.26 Å². The van der Waals surface area contributed by atoms with E-state index in [1.165, 1.54) is 13.0 Å². The maximum absolute atomic E-state index is 13.3. The zero-order chi connectivity index (χ0) is 11.4. The molecule has 15 heavy (non-hydrogen) atoms. The Bertz CT molecular complexity index is 435. The number of rotatable bonds is 3. The number of nitriles is 1. The quantitative estimate of drug-likeness (QED) is 0.714. The standard InChI is InChI=1S/C11H10FNO2/c1-3-15-11-5-10(12)9(7(2)14)4-8(11)6-13/h4-5H,3H2,1-2H3. The highest BCUT2D eigenvalue weighted by Gasteiger charge is 2.13. The van der Waals surface area contributed by atoms with Crippen molar-refractivity contribution in [3.8, 4) is 11.8 Å². The van der Waals surface area contributed by atoms with Crippen molar-refractivity contribution in [2.24, 2.45) is 0 Å². The fourth-order valence-electron chi connectivity index (χ4n) is 1.19. The lowest BCUT2D eigenvalue weighted by Gasteiger charge is -2.07. The van der Waals surface area contributed by atoms with Crippen LogP contribution in [0.4, 0.5) is 4.39 Å². The third-order valence-electron chi connectivity index (χ3n) is 1.87. The Morgan fingerprint density at radius 2 is 2.27 bits per heavy atom. The van der Waals surface area contributed by atoms with E-state index in [1.54, 1.807) is 6.92 Å². The second kappa shape index (κ2) is 4.56. The van der Waals surface area contributed by atoms with Crippen molar-refractivity contribution in [1.82, 2.24) is 0 Å². The molecule has 78 valence electrons. The number of halogens is 1. The van der Waals surface area contributed by atoms with Crippen molar-refractivity contribution >= 4 is 5.78 Å². The average molecular weight is 207 g/mol. The number of carbonyl (C=O) groups excluding carboxylic acids is 1. The molecular weight excluding hydrogens is 197 g/mol. The molecule has 0 N–H and O–H groups in total. The maximum atomic E-state index is 13.3. The van der Waals surface area contributed by atoms with Gasteiger partial charge in [-0.25, -0.2) is 4.39 Å². The summed E-state index contributed by atoms with van der Waals surface area (Å²) < 4.78 is 18.4. The molecule has 0 aromatic heterocycles. The van der Waals surface area contributed by atoms with E-state index in [0.717, 1.165) is 6.07 Å². The number of hydrogen-bond acceptors (Lipinski definition) is 3. The molecule has 0 aliphatic rings. The maximum Gasteiger partial charge on any atom is 0.162 e. The summed E-state index contributed by atoms with van der Waals surface area (Å²) in [7, 11) is 0. The zero-order valence-corrected chi connectivity index (χ0v) is 8.50. The van der Waals surface area contributed by atoms with Crippen LogP contribution in [-0.2, 0) is 0 Å². The normalized spacial score (nSPS) is 9.47. The van der Waals surface area contributed by atoms with Crippen molar-refractivity contribution in [1.29, 1.82) is 5.26 Å². The summed E-state index contributed by atoms with van der Waals surface area (Å²) in [5.74, 6) is -0.903. The molecule has 0 amide bonds. The minimum absolute atomic E-state index is 0.0880. The van der Waals surface area contributed by atoms with Crippen molar-refractivity contribution in [3.63, 3.8) is 0 Å². The van der Waals surface area contributed by atoms with Crippen molar-refractivity contribution < 1.29 is 13.9 Å². The van der Waals surface area contributed by atoms with Crippen LogP contribution in [0.1, 0.15) is 29.8 Å². The molecule has 1 aromatic rings. The van der Waals surface area contributed by atoms with Crippen LogP contribution in [0.2, 0.25) is 0 Å². The van der Waals surface area contributed by atoms with Crippen LogP contribution in [0, 0.1) is 17.1 Å². The van der Waals surface area contributed by atoms with E-state index < -0.39 is 11.6 Å². The van der Waals surface area contributed by atoms with Gasteiger partial charge in [-0.15, -0.1) is 0 Å². The van der Waals surface area contributed by atoms with Gasteiger partial charge in [0.2, 0.25) is 0 Å². The Labute approximate surface area is 87.1 Å². The van der Waals surface area contributed by atoms with E-state index in [4.69, 9.17) is 10.00 Å². The summed E-state index contributed by atoms with van der Waals surface area (Å²) in [6.07, 6.45) is 0. The van der Waals surface area contributed by atoms with Gasteiger partial charge in [0.05, 0.1) is 17.7 Å². The van der Waals surface area contributed by atoms with Gasteiger partial charge in [0.25, 0.3) is 0 Å². The topological polar surface area (TPSA) is 50.1 Å². The molecule has 0 aliphatic carbocycles. The van der Waals surface area contributed by atoms with E-state index in [1.807, 2.05) is 6.07 Å². The minimum Gasteiger partial charge on any atom is -0.492 e. The Morgan fingerprint density at radius 1 is 1.60 bits per heavy atom. The molecular formula is C11H10FNO2. The summed E-state index contributed by atoms with van der Waals surface area (Å²) in [4.78, 5) is 11.0. The lowest BCUT2D eigenvalue weighted by Crippen LogP contribution is -2.01. The van der Waals surface area contributed by atoms with Gasteiger partial charge in [0, 0.05) is 6.07 Å². The summed E-state index contributed by atoms with van der Waals surface area (Å²) in [6, 6.07) is 4.14. The lowest BCUT2D eigenvalue weighted by molar-refractivity contribution is 0.101. The van der Waals surface area contributed by atoms with E-state index in [-0.39, 0.29) is 16.9 Å². The SMILES string of the molecule is CCOc1cc(F)c(C(C)=O)cc1C#N. The zero-order valence-electron chi connectivity index (χ0n) is 8.50. The highest BCUT2D eigenvalue weighted by Crippen LogP contribution is 2.22. The van der Waals surface area contributed by atoms with Gasteiger partial charge < -0.3 is 4.74 Å².